The quantitative estimate of drug-likeness (QED) is 0.433. The monoisotopic (exact) mass is 258 g/mol. The summed E-state index contributed by atoms with van der Waals surface area (Å²) < 4.78 is 4.39. The van der Waals surface area contributed by atoms with E-state index in [1.165, 1.54) is 0 Å². The van der Waals surface area contributed by atoms with E-state index < -0.39 is 12.0 Å². The Balaban J connectivity index is 4.11. The van der Waals surface area contributed by atoms with Gasteiger partial charge in [0.1, 0.15) is 4.32 Å². The first-order valence-electron chi connectivity index (χ1n) is 3.24. The Kier molecular flexibility index (Phi) is 3.60. The molecule has 0 N–H and O–H groups in total. The standard InChI is InChI=1S/C6H12BrClO2Si/c1-6(2,7)5(9)10-11(3,4)8/h1-4H3. The highest BCUT2D eigenvalue weighted by Crippen LogP contribution is 2.21. The summed E-state index contributed by atoms with van der Waals surface area (Å²) in [5, 5.41) is 0. The smallest absolute Gasteiger partial charge is 0.345 e. The minimum absolute atomic E-state index is 0.302. The van der Waals surface area contributed by atoms with Gasteiger partial charge in [0, 0.05) is 0 Å². The zero-order chi connectivity index (χ0) is 9.28. The van der Waals surface area contributed by atoms with Crippen LogP contribution < -0.4 is 0 Å². The molecule has 0 heterocycles. The summed E-state index contributed by atoms with van der Waals surface area (Å²) >= 11 is 8.99. The molecule has 0 radical (unpaired) electrons. The maximum Gasteiger partial charge on any atom is 0.345 e. The van der Waals surface area contributed by atoms with Gasteiger partial charge in [0.15, 0.2) is 0 Å². The number of carbonyl (C=O) groups excluding carboxylic acids is 1. The largest absolute Gasteiger partial charge is 0.504 e. The fraction of sp³-hybridized carbons (Fsp3) is 0.833. The van der Waals surface area contributed by atoms with Crippen molar-refractivity contribution in [2.24, 2.45) is 0 Å². The van der Waals surface area contributed by atoms with Crippen LogP contribution in [0.3, 0.4) is 0 Å². The lowest BCUT2D eigenvalue weighted by atomic mass is 10.2. The molecule has 0 amide bonds. The Morgan fingerprint density at radius 3 is 2.00 bits per heavy atom. The van der Waals surface area contributed by atoms with Crippen LogP contribution in [0.4, 0.5) is 0 Å². The van der Waals surface area contributed by atoms with E-state index in [1.54, 1.807) is 26.9 Å². The summed E-state index contributed by atoms with van der Waals surface area (Å²) in [7, 11) is -2.24. The highest BCUT2D eigenvalue weighted by molar-refractivity contribution is 9.10. The van der Waals surface area contributed by atoms with Crippen molar-refractivity contribution in [3.05, 3.63) is 0 Å². The first-order chi connectivity index (χ1) is 4.63. The molecule has 2 nitrogen and oxygen atoms in total. The van der Waals surface area contributed by atoms with Gasteiger partial charge in [-0.15, -0.1) is 11.1 Å². The molecule has 0 unspecified atom stereocenters. The van der Waals surface area contributed by atoms with Crippen molar-refractivity contribution in [3.8, 4) is 0 Å². The summed E-state index contributed by atoms with van der Waals surface area (Å²) in [6.45, 7) is 6.97. The van der Waals surface area contributed by atoms with E-state index in [0.717, 1.165) is 0 Å². The third kappa shape index (κ3) is 5.70. The lowest BCUT2D eigenvalue weighted by molar-refractivity contribution is -0.136. The van der Waals surface area contributed by atoms with Crippen molar-refractivity contribution in [1.29, 1.82) is 0 Å². The number of rotatable bonds is 2. The Bertz CT molecular complexity index is 159. The molecule has 0 bridgehead atoms. The van der Waals surface area contributed by atoms with Gasteiger partial charge in [-0.05, 0) is 26.9 Å². The van der Waals surface area contributed by atoms with Gasteiger partial charge in [-0.1, -0.05) is 15.9 Å². The molecule has 0 aliphatic carbocycles. The summed E-state index contributed by atoms with van der Waals surface area (Å²) in [4.78, 5) is 11.2. The molecular formula is C6H12BrClO2Si. The Morgan fingerprint density at radius 1 is 1.55 bits per heavy atom. The van der Waals surface area contributed by atoms with Gasteiger partial charge < -0.3 is 4.43 Å². The minimum Gasteiger partial charge on any atom is -0.504 e. The summed E-state index contributed by atoms with van der Waals surface area (Å²) in [6, 6.07) is 0. The van der Waals surface area contributed by atoms with Gasteiger partial charge in [-0.25, -0.2) is 0 Å². The second-order valence-corrected chi connectivity index (χ2v) is 10.9. The predicted molar refractivity (Wildman–Crippen MR) is 52.4 cm³/mol. The van der Waals surface area contributed by atoms with E-state index in [0.29, 0.717) is 0 Å². The SMILES string of the molecule is CC(C)(Br)C(=O)O[Si](C)(C)Cl. The molecule has 0 saturated heterocycles. The first-order valence-corrected chi connectivity index (χ1v) is 7.95. The maximum absolute atomic E-state index is 11.2. The van der Waals surface area contributed by atoms with Gasteiger partial charge in [-0.2, -0.15) is 0 Å². The lowest BCUT2D eigenvalue weighted by Crippen LogP contribution is -2.35. The number of carbonyl (C=O) groups is 1. The third-order valence-electron chi connectivity index (χ3n) is 0.821. The number of hydrogen-bond acceptors (Lipinski definition) is 2. The van der Waals surface area contributed by atoms with Crippen molar-refractivity contribution < 1.29 is 9.22 Å². The van der Waals surface area contributed by atoms with E-state index >= 15 is 0 Å². The van der Waals surface area contributed by atoms with Gasteiger partial charge in [0.2, 0.25) is 0 Å². The average Bonchev–Trinajstić information content (AvgIpc) is 1.56. The molecular weight excluding hydrogens is 248 g/mol. The number of halogens is 2. The van der Waals surface area contributed by atoms with Crippen molar-refractivity contribution >= 4 is 40.6 Å². The highest BCUT2D eigenvalue weighted by Gasteiger charge is 2.32. The molecule has 0 aliphatic heterocycles. The van der Waals surface area contributed by atoms with Crippen molar-refractivity contribution in [2.75, 3.05) is 0 Å². The average molecular weight is 260 g/mol. The fourth-order valence-electron chi connectivity index (χ4n) is 0.342. The van der Waals surface area contributed by atoms with Crippen LogP contribution in [0, 0.1) is 0 Å². The zero-order valence-corrected chi connectivity index (χ0v) is 10.4. The van der Waals surface area contributed by atoms with E-state index in [1.807, 2.05) is 0 Å². The minimum atomic E-state index is -2.24. The van der Waals surface area contributed by atoms with Crippen LogP contribution in [-0.4, -0.2) is 17.9 Å². The summed E-state index contributed by atoms with van der Waals surface area (Å²) in [5.74, 6) is -0.302. The van der Waals surface area contributed by atoms with Gasteiger partial charge in [-0.3, -0.25) is 4.79 Å². The Labute approximate surface area is 81.2 Å². The molecule has 66 valence electrons. The van der Waals surface area contributed by atoms with Gasteiger partial charge >= 0.3 is 13.6 Å². The summed E-state index contributed by atoms with van der Waals surface area (Å²) in [5.41, 5.74) is 0. The predicted octanol–water partition coefficient (Wildman–Crippen LogP) is 2.64. The Morgan fingerprint density at radius 2 is 1.91 bits per heavy atom. The van der Waals surface area contributed by atoms with Crippen LogP contribution in [0.15, 0.2) is 0 Å². The highest BCUT2D eigenvalue weighted by atomic mass is 79.9. The van der Waals surface area contributed by atoms with E-state index in [4.69, 9.17) is 15.5 Å². The molecule has 0 aliphatic rings. The molecule has 11 heavy (non-hydrogen) atoms. The second kappa shape index (κ2) is 3.45. The van der Waals surface area contributed by atoms with Gasteiger partial charge in [0.25, 0.3) is 0 Å². The van der Waals surface area contributed by atoms with Gasteiger partial charge in [0.05, 0.1) is 0 Å². The molecule has 0 fully saturated rings. The van der Waals surface area contributed by atoms with E-state index in [-0.39, 0.29) is 5.97 Å². The molecule has 0 aromatic heterocycles. The maximum atomic E-state index is 11.2. The van der Waals surface area contributed by atoms with Crippen LogP contribution in [0.5, 0.6) is 0 Å². The molecule has 0 aromatic carbocycles. The molecule has 0 atom stereocenters. The van der Waals surface area contributed by atoms with Crippen molar-refractivity contribution in [3.63, 3.8) is 0 Å². The summed E-state index contributed by atoms with van der Waals surface area (Å²) in [6.07, 6.45) is 0. The fourth-order valence-corrected chi connectivity index (χ4v) is 1.48. The molecule has 0 rings (SSSR count). The molecule has 0 spiro atoms. The van der Waals surface area contributed by atoms with E-state index in [2.05, 4.69) is 15.9 Å². The van der Waals surface area contributed by atoms with Crippen molar-refractivity contribution in [1.82, 2.24) is 0 Å². The van der Waals surface area contributed by atoms with Crippen molar-refractivity contribution in [2.45, 2.75) is 31.3 Å². The molecule has 0 aromatic rings. The second-order valence-electron chi connectivity index (χ2n) is 3.23. The number of alkyl halides is 1. The normalized spacial score (nSPS) is 12.9. The lowest BCUT2D eigenvalue weighted by Gasteiger charge is -2.21. The zero-order valence-electron chi connectivity index (χ0n) is 7.07. The van der Waals surface area contributed by atoms with Crippen LogP contribution in [0.2, 0.25) is 13.1 Å². The topological polar surface area (TPSA) is 26.3 Å². The third-order valence-corrected chi connectivity index (χ3v) is 2.05. The number of hydrogen-bond donors (Lipinski definition) is 0. The molecule has 0 saturated carbocycles. The van der Waals surface area contributed by atoms with E-state index in [9.17, 15) is 4.79 Å². The van der Waals surface area contributed by atoms with Crippen LogP contribution in [0.25, 0.3) is 0 Å². The van der Waals surface area contributed by atoms with Crippen LogP contribution in [-0.2, 0) is 9.22 Å². The molecule has 5 heteroatoms. The first kappa shape index (κ1) is 11.5. The van der Waals surface area contributed by atoms with Crippen LogP contribution in [0.1, 0.15) is 13.8 Å². The Hall–Kier alpha value is 0.457. The van der Waals surface area contributed by atoms with Crippen LogP contribution >= 0.6 is 27.0 Å².